The highest BCUT2D eigenvalue weighted by molar-refractivity contribution is 5.84. The van der Waals surface area contributed by atoms with E-state index >= 15 is 0 Å². The summed E-state index contributed by atoms with van der Waals surface area (Å²) in [5.74, 6) is 0.730. The molecule has 98 valence electrons. The molecule has 0 saturated heterocycles. The van der Waals surface area contributed by atoms with Crippen LogP contribution in [0.1, 0.15) is 11.3 Å². The minimum absolute atomic E-state index is 0.730. The first-order valence-electron chi connectivity index (χ1n) is 6.39. The van der Waals surface area contributed by atoms with Gasteiger partial charge in [0.05, 0.1) is 17.4 Å². The molecule has 0 aliphatic carbocycles. The number of aromatic nitrogens is 2. The summed E-state index contributed by atoms with van der Waals surface area (Å²) in [6, 6.07) is 15.7. The molecule has 3 aromatic rings. The number of hydrogen-bond acceptors (Lipinski definition) is 4. The zero-order valence-corrected chi connectivity index (χ0v) is 11.1. The van der Waals surface area contributed by atoms with Gasteiger partial charge in [0, 0.05) is 11.6 Å². The fraction of sp³-hybridized carbons (Fsp3) is 0.0625. The van der Waals surface area contributed by atoms with Crippen LogP contribution in [0.3, 0.4) is 0 Å². The van der Waals surface area contributed by atoms with Crippen molar-refractivity contribution in [3.05, 3.63) is 66.0 Å². The molecule has 2 aromatic heterocycles. The average molecular weight is 262 g/mol. The van der Waals surface area contributed by atoms with Crippen LogP contribution in [-0.2, 0) is 0 Å². The van der Waals surface area contributed by atoms with Crippen molar-refractivity contribution < 1.29 is 0 Å². The number of fused-ring (bicyclic) bond motifs is 1. The zero-order chi connectivity index (χ0) is 13.8. The maximum Gasteiger partial charge on any atom is 0.147 e. The van der Waals surface area contributed by atoms with Crippen molar-refractivity contribution in [2.75, 3.05) is 5.43 Å². The lowest BCUT2D eigenvalue weighted by Gasteiger charge is -2.05. The highest BCUT2D eigenvalue weighted by atomic mass is 15.3. The van der Waals surface area contributed by atoms with Gasteiger partial charge < -0.3 is 0 Å². The predicted molar refractivity (Wildman–Crippen MR) is 81.9 cm³/mol. The maximum atomic E-state index is 4.52. The van der Waals surface area contributed by atoms with E-state index in [4.69, 9.17) is 0 Å². The third kappa shape index (κ3) is 2.64. The van der Waals surface area contributed by atoms with Crippen LogP contribution in [0.2, 0.25) is 0 Å². The Bertz CT molecular complexity index is 751. The van der Waals surface area contributed by atoms with Gasteiger partial charge in [0.25, 0.3) is 0 Å². The Labute approximate surface area is 117 Å². The second-order valence-electron chi connectivity index (χ2n) is 4.47. The van der Waals surface area contributed by atoms with Crippen molar-refractivity contribution in [2.24, 2.45) is 5.10 Å². The molecular weight excluding hydrogens is 248 g/mol. The smallest absolute Gasteiger partial charge is 0.147 e. The Hall–Kier alpha value is -2.75. The zero-order valence-electron chi connectivity index (χ0n) is 11.1. The standard InChI is InChI=1S/C16H14N4/c1-12-10-16(19-15-8-3-2-7-14(12)15)20-18-11-13-6-4-5-9-17-13/h2-11H,1H3,(H,19,20). The third-order valence-corrected chi connectivity index (χ3v) is 2.99. The van der Waals surface area contributed by atoms with Crippen molar-refractivity contribution in [1.29, 1.82) is 0 Å². The summed E-state index contributed by atoms with van der Waals surface area (Å²) >= 11 is 0. The van der Waals surface area contributed by atoms with E-state index in [1.807, 2.05) is 42.5 Å². The predicted octanol–water partition coefficient (Wildman–Crippen LogP) is 3.38. The van der Waals surface area contributed by atoms with Gasteiger partial charge in [0.15, 0.2) is 0 Å². The number of rotatable bonds is 3. The van der Waals surface area contributed by atoms with Gasteiger partial charge in [-0.15, -0.1) is 0 Å². The summed E-state index contributed by atoms with van der Waals surface area (Å²) in [5.41, 5.74) is 5.88. The van der Waals surface area contributed by atoms with Gasteiger partial charge >= 0.3 is 0 Å². The Morgan fingerprint density at radius 3 is 2.80 bits per heavy atom. The van der Waals surface area contributed by atoms with E-state index in [1.165, 1.54) is 5.56 Å². The lowest BCUT2D eigenvalue weighted by molar-refractivity contribution is 1.24. The second-order valence-corrected chi connectivity index (χ2v) is 4.47. The first-order valence-corrected chi connectivity index (χ1v) is 6.39. The summed E-state index contributed by atoms with van der Waals surface area (Å²) in [5, 5.41) is 5.32. The van der Waals surface area contributed by atoms with Crippen LogP contribution in [0.4, 0.5) is 5.82 Å². The minimum Gasteiger partial charge on any atom is -0.261 e. The molecule has 0 aliphatic heterocycles. The number of benzene rings is 1. The number of hydrazone groups is 1. The molecule has 20 heavy (non-hydrogen) atoms. The van der Waals surface area contributed by atoms with Crippen molar-refractivity contribution in [2.45, 2.75) is 6.92 Å². The second kappa shape index (κ2) is 5.48. The van der Waals surface area contributed by atoms with Gasteiger partial charge in [-0.3, -0.25) is 10.4 Å². The Morgan fingerprint density at radius 1 is 1.10 bits per heavy atom. The molecule has 0 saturated carbocycles. The fourth-order valence-electron chi connectivity index (χ4n) is 2.02. The molecule has 0 unspecified atom stereocenters. The van der Waals surface area contributed by atoms with Crippen molar-refractivity contribution >= 4 is 22.9 Å². The highest BCUT2D eigenvalue weighted by Crippen LogP contribution is 2.19. The van der Waals surface area contributed by atoms with Gasteiger partial charge in [0.2, 0.25) is 0 Å². The molecule has 4 nitrogen and oxygen atoms in total. The van der Waals surface area contributed by atoms with Gasteiger partial charge in [-0.05, 0) is 36.8 Å². The number of para-hydroxylation sites is 1. The average Bonchev–Trinajstić information content (AvgIpc) is 2.48. The molecule has 2 heterocycles. The summed E-state index contributed by atoms with van der Waals surface area (Å²) in [6.07, 6.45) is 3.41. The summed E-state index contributed by atoms with van der Waals surface area (Å²) in [6.45, 7) is 2.07. The first kappa shape index (κ1) is 12.3. The Balaban J connectivity index is 1.83. The van der Waals surface area contributed by atoms with Gasteiger partial charge in [-0.25, -0.2) is 4.98 Å². The Morgan fingerprint density at radius 2 is 1.95 bits per heavy atom. The number of anilines is 1. The molecule has 4 heteroatoms. The Kier molecular flexibility index (Phi) is 3.37. The summed E-state index contributed by atoms with van der Waals surface area (Å²) in [7, 11) is 0. The van der Waals surface area contributed by atoms with E-state index < -0.39 is 0 Å². The lowest BCUT2D eigenvalue weighted by Crippen LogP contribution is -1.96. The van der Waals surface area contributed by atoms with E-state index in [1.54, 1.807) is 12.4 Å². The lowest BCUT2D eigenvalue weighted by atomic mass is 10.1. The number of nitrogens with one attached hydrogen (secondary N) is 1. The molecule has 0 bridgehead atoms. The van der Waals surface area contributed by atoms with Crippen LogP contribution in [0.25, 0.3) is 10.9 Å². The molecule has 0 fully saturated rings. The third-order valence-electron chi connectivity index (χ3n) is 2.99. The highest BCUT2D eigenvalue weighted by Gasteiger charge is 2.00. The van der Waals surface area contributed by atoms with Crippen molar-refractivity contribution in [1.82, 2.24) is 9.97 Å². The molecule has 1 N–H and O–H groups in total. The van der Waals surface area contributed by atoms with E-state index in [0.717, 1.165) is 22.4 Å². The summed E-state index contributed by atoms with van der Waals surface area (Å²) < 4.78 is 0. The van der Waals surface area contributed by atoms with Gasteiger partial charge in [0.1, 0.15) is 5.82 Å². The first-order chi connectivity index (χ1) is 9.83. The van der Waals surface area contributed by atoms with Crippen LogP contribution in [-0.4, -0.2) is 16.2 Å². The quantitative estimate of drug-likeness (QED) is 0.581. The minimum atomic E-state index is 0.730. The SMILES string of the molecule is Cc1cc(NN=Cc2ccccn2)nc2ccccc12. The topological polar surface area (TPSA) is 50.2 Å². The molecule has 3 rings (SSSR count). The van der Waals surface area contributed by atoms with E-state index in [-0.39, 0.29) is 0 Å². The van der Waals surface area contributed by atoms with Crippen LogP contribution in [0, 0.1) is 6.92 Å². The number of hydrogen-bond donors (Lipinski definition) is 1. The molecule has 0 spiro atoms. The maximum absolute atomic E-state index is 4.52. The number of pyridine rings is 2. The molecule has 0 aliphatic rings. The van der Waals surface area contributed by atoms with E-state index in [0.29, 0.717) is 0 Å². The number of aryl methyl sites for hydroxylation is 1. The van der Waals surface area contributed by atoms with Gasteiger partial charge in [-0.2, -0.15) is 5.10 Å². The molecule has 0 amide bonds. The molecule has 0 radical (unpaired) electrons. The fourth-order valence-corrected chi connectivity index (χ4v) is 2.02. The normalized spacial score (nSPS) is 11.1. The van der Waals surface area contributed by atoms with Crippen LogP contribution >= 0.6 is 0 Å². The van der Waals surface area contributed by atoms with Gasteiger partial charge in [-0.1, -0.05) is 24.3 Å². The molecule has 0 atom stereocenters. The van der Waals surface area contributed by atoms with E-state index in [9.17, 15) is 0 Å². The van der Waals surface area contributed by atoms with Crippen LogP contribution in [0.15, 0.2) is 59.8 Å². The van der Waals surface area contributed by atoms with E-state index in [2.05, 4.69) is 33.5 Å². The molecular formula is C16H14N4. The molecule has 1 aromatic carbocycles. The van der Waals surface area contributed by atoms with Crippen molar-refractivity contribution in [3.63, 3.8) is 0 Å². The number of nitrogens with zero attached hydrogens (tertiary/aromatic N) is 3. The van der Waals surface area contributed by atoms with Crippen LogP contribution < -0.4 is 5.43 Å². The monoisotopic (exact) mass is 262 g/mol. The summed E-state index contributed by atoms with van der Waals surface area (Å²) in [4.78, 5) is 8.69. The largest absolute Gasteiger partial charge is 0.261 e. The van der Waals surface area contributed by atoms with Crippen LogP contribution in [0.5, 0.6) is 0 Å². The van der Waals surface area contributed by atoms with Crippen molar-refractivity contribution in [3.8, 4) is 0 Å².